The molecule has 10 nitrogen and oxygen atoms in total. The van der Waals surface area contributed by atoms with Gasteiger partial charge >= 0.3 is 0 Å². The molecule has 2 fully saturated rings. The van der Waals surface area contributed by atoms with Crippen LogP contribution in [0, 0.1) is 17.8 Å². The standard InChI is InChI=1S/C35H52N2O8/c1-20(2)24-11-10-21(3)14-28(24)44-19-30(40)37(23-8-6-5-7-9-23)27-17-26(35(42)36-12-13-38)31-25-15-22(18-39)16-29(43-4)33(25)45-34(31)32(27)41/h15-17,20-21,23-24,27-28,31-32,34,38-39,41H,5-14,18-19H2,1-4H3,(H,36,42). The highest BCUT2D eigenvalue weighted by Crippen LogP contribution is 2.52. The Labute approximate surface area is 267 Å². The van der Waals surface area contributed by atoms with Crippen molar-refractivity contribution in [3.05, 3.63) is 34.9 Å². The molecule has 1 aliphatic heterocycles. The van der Waals surface area contributed by atoms with Crippen molar-refractivity contribution in [2.24, 2.45) is 17.8 Å². The predicted molar refractivity (Wildman–Crippen MR) is 169 cm³/mol. The Morgan fingerprint density at radius 3 is 2.53 bits per heavy atom. The lowest BCUT2D eigenvalue weighted by Crippen LogP contribution is -2.59. The van der Waals surface area contributed by atoms with Crippen LogP contribution in [0.4, 0.5) is 0 Å². The number of rotatable bonds is 11. The number of methoxy groups -OCH3 is 1. The summed E-state index contributed by atoms with van der Waals surface area (Å²) in [6.07, 6.45) is 7.59. The number of hydrogen-bond acceptors (Lipinski definition) is 8. The molecular formula is C35H52N2O8. The zero-order chi connectivity index (χ0) is 32.2. The number of benzene rings is 1. The van der Waals surface area contributed by atoms with E-state index in [1.807, 2.05) is 0 Å². The molecule has 0 saturated heterocycles. The van der Waals surface area contributed by atoms with E-state index in [0.29, 0.717) is 46.0 Å². The van der Waals surface area contributed by atoms with Gasteiger partial charge in [-0.05, 0) is 67.2 Å². The molecule has 0 aromatic heterocycles. The van der Waals surface area contributed by atoms with Gasteiger partial charge in [0.15, 0.2) is 11.5 Å². The summed E-state index contributed by atoms with van der Waals surface area (Å²) in [6, 6.07) is 2.54. The average Bonchev–Trinajstić information content (AvgIpc) is 3.43. The summed E-state index contributed by atoms with van der Waals surface area (Å²) >= 11 is 0. The smallest absolute Gasteiger partial charge is 0.249 e. The lowest BCUT2D eigenvalue weighted by Gasteiger charge is -2.45. The van der Waals surface area contributed by atoms with Crippen LogP contribution in [0.3, 0.4) is 0 Å². The summed E-state index contributed by atoms with van der Waals surface area (Å²) in [5, 5.41) is 34.2. The molecule has 250 valence electrons. The summed E-state index contributed by atoms with van der Waals surface area (Å²) in [4.78, 5) is 29.7. The second kappa shape index (κ2) is 14.8. The third kappa shape index (κ3) is 7.04. The number of aliphatic hydroxyl groups excluding tert-OH is 3. The maximum atomic E-state index is 14.3. The van der Waals surface area contributed by atoms with E-state index < -0.39 is 30.1 Å². The van der Waals surface area contributed by atoms with Crippen molar-refractivity contribution in [1.82, 2.24) is 10.2 Å². The highest BCUT2D eigenvalue weighted by Gasteiger charge is 2.52. The van der Waals surface area contributed by atoms with Gasteiger partial charge in [-0.1, -0.05) is 46.5 Å². The van der Waals surface area contributed by atoms with Crippen molar-refractivity contribution < 1.29 is 39.1 Å². The number of hydrogen-bond donors (Lipinski definition) is 4. The van der Waals surface area contributed by atoms with Gasteiger partial charge in [-0.2, -0.15) is 0 Å². The minimum absolute atomic E-state index is 0.00257. The lowest BCUT2D eigenvalue weighted by atomic mass is 9.75. The molecule has 0 spiro atoms. The van der Waals surface area contributed by atoms with Gasteiger partial charge in [-0.3, -0.25) is 9.59 Å². The summed E-state index contributed by atoms with van der Waals surface area (Å²) in [5.74, 6) is 0.964. The van der Waals surface area contributed by atoms with Crippen molar-refractivity contribution in [2.75, 3.05) is 26.9 Å². The van der Waals surface area contributed by atoms with Crippen LogP contribution in [-0.4, -0.2) is 89.3 Å². The third-order valence-electron chi connectivity index (χ3n) is 10.5. The minimum Gasteiger partial charge on any atom is -0.493 e. The van der Waals surface area contributed by atoms with Crippen molar-refractivity contribution in [3.8, 4) is 11.5 Å². The van der Waals surface area contributed by atoms with Crippen molar-refractivity contribution in [1.29, 1.82) is 0 Å². The third-order valence-corrected chi connectivity index (χ3v) is 10.5. The number of amides is 2. The maximum absolute atomic E-state index is 14.3. The number of nitrogens with one attached hydrogen (secondary N) is 1. The van der Waals surface area contributed by atoms with E-state index in [-0.39, 0.29) is 44.4 Å². The summed E-state index contributed by atoms with van der Waals surface area (Å²) < 4.78 is 18.4. The fourth-order valence-electron chi connectivity index (χ4n) is 8.12. The van der Waals surface area contributed by atoms with Gasteiger partial charge in [-0.15, -0.1) is 0 Å². The first kappa shape index (κ1) is 33.7. The van der Waals surface area contributed by atoms with Crippen LogP contribution in [0.1, 0.15) is 89.2 Å². The Bertz CT molecular complexity index is 1230. The summed E-state index contributed by atoms with van der Waals surface area (Å²) in [5.41, 5.74) is 1.58. The number of aliphatic hydroxyl groups is 3. The zero-order valence-corrected chi connectivity index (χ0v) is 27.2. The minimum atomic E-state index is -1.14. The summed E-state index contributed by atoms with van der Waals surface area (Å²) in [7, 11) is 1.51. The predicted octanol–water partition coefficient (Wildman–Crippen LogP) is 3.45. The first-order valence-corrected chi connectivity index (χ1v) is 16.9. The number of carbonyl (C=O) groups excluding carboxylic acids is 2. The van der Waals surface area contributed by atoms with Gasteiger partial charge in [0.2, 0.25) is 11.8 Å². The molecular weight excluding hydrogens is 576 g/mol. The Morgan fingerprint density at radius 2 is 1.87 bits per heavy atom. The monoisotopic (exact) mass is 628 g/mol. The van der Waals surface area contributed by atoms with E-state index in [2.05, 4.69) is 26.1 Å². The largest absolute Gasteiger partial charge is 0.493 e. The van der Waals surface area contributed by atoms with Crippen molar-refractivity contribution >= 4 is 11.8 Å². The molecule has 4 aliphatic rings. The SMILES string of the molecule is COc1cc(CO)cc2c1OC1C2C(C(=O)NCCO)=CC(N(C(=O)COC2CC(C)CCC2C(C)C)C2CCCCC2)C1O. The first-order chi connectivity index (χ1) is 21.7. The molecule has 1 aromatic carbocycles. The van der Waals surface area contributed by atoms with Crippen LogP contribution in [0.15, 0.2) is 23.8 Å². The van der Waals surface area contributed by atoms with Crippen LogP contribution in [0.5, 0.6) is 11.5 Å². The maximum Gasteiger partial charge on any atom is 0.249 e. The quantitative estimate of drug-likeness (QED) is 0.293. The first-order valence-electron chi connectivity index (χ1n) is 16.9. The number of nitrogens with zero attached hydrogens (tertiary/aromatic N) is 1. The Kier molecular flexibility index (Phi) is 11.1. The topological polar surface area (TPSA) is 138 Å². The van der Waals surface area contributed by atoms with Crippen molar-refractivity contribution in [2.45, 2.75) is 115 Å². The van der Waals surface area contributed by atoms with E-state index in [1.54, 1.807) is 23.1 Å². The van der Waals surface area contributed by atoms with Crippen molar-refractivity contribution in [3.63, 3.8) is 0 Å². The molecule has 4 N–H and O–H groups in total. The molecule has 3 aliphatic carbocycles. The fraction of sp³-hybridized carbons (Fsp3) is 0.714. The van der Waals surface area contributed by atoms with Gasteiger partial charge in [0.25, 0.3) is 0 Å². The lowest BCUT2D eigenvalue weighted by molar-refractivity contribution is -0.151. The van der Waals surface area contributed by atoms with E-state index >= 15 is 0 Å². The molecule has 7 unspecified atom stereocenters. The highest BCUT2D eigenvalue weighted by atomic mass is 16.5. The average molecular weight is 629 g/mol. The molecule has 5 rings (SSSR count). The Morgan fingerprint density at radius 1 is 1.11 bits per heavy atom. The molecule has 1 heterocycles. The van der Waals surface area contributed by atoms with E-state index in [9.17, 15) is 24.9 Å². The molecule has 2 amide bonds. The second-order valence-corrected chi connectivity index (χ2v) is 13.8. The normalized spacial score (nSPS) is 29.8. The molecule has 45 heavy (non-hydrogen) atoms. The number of carbonyl (C=O) groups is 2. The van der Waals surface area contributed by atoms with E-state index in [4.69, 9.17) is 14.2 Å². The molecule has 10 heteroatoms. The van der Waals surface area contributed by atoms with E-state index in [0.717, 1.165) is 44.9 Å². The zero-order valence-electron chi connectivity index (χ0n) is 27.2. The van der Waals surface area contributed by atoms with Gasteiger partial charge in [0.1, 0.15) is 18.8 Å². The number of fused-ring (bicyclic) bond motifs is 3. The van der Waals surface area contributed by atoms with Crippen LogP contribution in [-0.2, 0) is 20.9 Å². The van der Waals surface area contributed by atoms with Gasteiger partial charge < -0.3 is 39.7 Å². The van der Waals surface area contributed by atoms with Gasteiger partial charge in [0.05, 0.1) is 38.4 Å². The molecule has 7 atom stereocenters. The van der Waals surface area contributed by atoms with Gasteiger partial charge in [-0.25, -0.2) is 0 Å². The van der Waals surface area contributed by atoms with Crippen LogP contribution >= 0.6 is 0 Å². The molecule has 0 bridgehead atoms. The second-order valence-electron chi connectivity index (χ2n) is 13.8. The van der Waals surface area contributed by atoms with E-state index in [1.165, 1.54) is 13.5 Å². The molecule has 1 aromatic rings. The van der Waals surface area contributed by atoms with Crippen LogP contribution < -0.4 is 14.8 Å². The summed E-state index contributed by atoms with van der Waals surface area (Å²) in [6.45, 7) is 6.19. The van der Waals surface area contributed by atoms with Crippen LogP contribution in [0.2, 0.25) is 0 Å². The Balaban J connectivity index is 1.50. The number of ether oxygens (including phenoxy) is 3. The van der Waals surface area contributed by atoms with Gasteiger partial charge in [0, 0.05) is 23.7 Å². The highest BCUT2D eigenvalue weighted by molar-refractivity contribution is 5.96. The fourth-order valence-corrected chi connectivity index (χ4v) is 8.12. The Hall–Kier alpha value is -2.66. The molecule has 0 radical (unpaired) electrons. The molecule has 2 saturated carbocycles. The van der Waals surface area contributed by atoms with Crippen LogP contribution in [0.25, 0.3) is 0 Å².